The van der Waals surface area contributed by atoms with E-state index in [9.17, 15) is 9.59 Å². The first kappa shape index (κ1) is 14.9. The molecule has 0 aromatic heterocycles. The lowest BCUT2D eigenvalue weighted by molar-refractivity contribution is -0.130. The second kappa shape index (κ2) is 6.39. The lowest BCUT2D eigenvalue weighted by Gasteiger charge is -2.25. The van der Waals surface area contributed by atoms with Crippen molar-refractivity contribution in [2.45, 2.75) is 12.6 Å². The number of aromatic carboxylic acids is 1. The fourth-order valence-corrected chi connectivity index (χ4v) is 2.27. The van der Waals surface area contributed by atoms with Gasteiger partial charge in [-0.2, -0.15) is 0 Å². The normalized spacial score (nSPS) is 15.7. The van der Waals surface area contributed by atoms with Gasteiger partial charge in [-0.25, -0.2) is 4.79 Å². The Bertz CT molecular complexity index is 743. The number of benzene rings is 2. The van der Waals surface area contributed by atoms with Crippen molar-refractivity contribution in [1.82, 2.24) is 5.32 Å². The molecule has 0 bridgehead atoms. The Balaban J connectivity index is 1.60. The van der Waals surface area contributed by atoms with E-state index in [4.69, 9.17) is 14.6 Å². The van der Waals surface area contributed by atoms with Crippen molar-refractivity contribution < 1.29 is 24.2 Å². The van der Waals surface area contributed by atoms with Gasteiger partial charge in [0.15, 0.2) is 11.5 Å². The van der Waals surface area contributed by atoms with Crippen LogP contribution >= 0.6 is 0 Å². The summed E-state index contributed by atoms with van der Waals surface area (Å²) < 4.78 is 11.1. The fourth-order valence-electron chi connectivity index (χ4n) is 2.27. The highest BCUT2D eigenvalue weighted by Gasteiger charge is 2.26. The topological polar surface area (TPSA) is 84.9 Å². The van der Waals surface area contributed by atoms with E-state index in [2.05, 4.69) is 5.32 Å². The van der Waals surface area contributed by atoms with E-state index in [1.54, 1.807) is 30.3 Å². The van der Waals surface area contributed by atoms with Crippen LogP contribution in [-0.2, 0) is 11.3 Å². The Morgan fingerprint density at radius 1 is 1.13 bits per heavy atom. The quantitative estimate of drug-likeness (QED) is 0.899. The number of fused-ring (bicyclic) bond motifs is 1. The second-order valence-corrected chi connectivity index (χ2v) is 5.09. The minimum atomic E-state index is -1.00. The van der Waals surface area contributed by atoms with Gasteiger partial charge < -0.3 is 19.9 Å². The number of carboxylic acids is 1. The van der Waals surface area contributed by atoms with E-state index in [0.29, 0.717) is 17.1 Å². The summed E-state index contributed by atoms with van der Waals surface area (Å²) in [6.07, 6.45) is -0.729. The summed E-state index contributed by atoms with van der Waals surface area (Å²) in [6.45, 7) is 0.361. The molecule has 0 saturated carbocycles. The van der Waals surface area contributed by atoms with Crippen LogP contribution in [0.3, 0.4) is 0 Å². The number of carbonyl (C=O) groups is 2. The highest BCUT2D eigenvalue weighted by molar-refractivity contribution is 5.87. The molecular weight excluding hydrogens is 298 g/mol. The number of hydrogen-bond donors (Lipinski definition) is 2. The number of rotatable bonds is 4. The zero-order chi connectivity index (χ0) is 16.2. The van der Waals surface area contributed by atoms with Gasteiger partial charge in [-0.3, -0.25) is 4.79 Å². The maximum absolute atomic E-state index is 12.2. The molecule has 0 radical (unpaired) electrons. The Labute approximate surface area is 132 Å². The molecule has 2 N–H and O–H groups in total. The molecule has 2 aromatic rings. The Kier molecular flexibility index (Phi) is 4.14. The van der Waals surface area contributed by atoms with Crippen molar-refractivity contribution in [2.24, 2.45) is 0 Å². The highest BCUT2D eigenvalue weighted by Crippen LogP contribution is 2.30. The summed E-state index contributed by atoms with van der Waals surface area (Å²) >= 11 is 0. The number of carbonyl (C=O) groups excluding carboxylic acids is 1. The number of hydrogen-bond acceptors (Lipinski definition) is 4. The molecule has 118 valence electrons. The zero-order valence-corrected chi connectivity index (χ0v) is 12.2. The summed E-state index contributed by atoms with van der Waals surface area (Å²) in [4.78, 5) is 23.1. The molecule has 0 aliphatic carbocycles. The first-order valence-corrected chi connectivity index (χ1v) is 7.12. The molecule has 1 aliphatic rings. The van der Waals surface area contributed by atoms with Crippen molar-refractivity contribution in [1.29, 1.82) is 0 Å². The Morgan fingerprint density at radius 2 is 1.91 bits per heavy atom. The molecule has 0 saturated heterocycles. The monoisotopic (exact) mass is 313 g/mol. The van der Waals surface area contributed by atoms with Gasteiger partial charge in [-0.05, 0) is 29.8 Å². The predicted molar refractivity (Wildman–Crippen MR) is 81.6 cm³/mol. The maximum Gasteiger partial charge on any atom is 0.335 e. The van der Waals surface area contributed by atoms with Gasteiger partial charge in [0.1, 0.15) is 6.61 Å². The Hall–Kier alpha value is -3.02. The number of para-hydroxylation sites is 2. The summed E-state index contributed by atoms with van der Waals surface area (Å²) in [5.74, 6) is -0.156. The van der Waals surface area contributed by atoms with E-state index in [0.717, 1.165) is 0 Å². The van der Waals surface area contributed by atoms with Crippen LogP contribution in [0.25, 0.3) is 0 Å². The predicted octanol–water partition coefficient (Wildman–Crippen LogP) is 1.84. The second-order valence-electron chi connectivity index (χ2n) is 5.09. The van der Waals surface area contributed by atoms with Gasteiger partial charge in [-0.1, -0.05) is 24.3 Å². The molecule has 1 unspecified atom stereocenters. The SMILES string of the molecule is O=C(O)c1cccc(CNC(=O)C2COc3ccccc3O2)c1. The molecule has 1 aliphatic heterocycles. The minimum Gasteiger partial charge on any atom is -0.485 e. The third-order valence-corrected chi connectivity index (χ3v) is 3.44. The van der Waals surface area contributed by atoms with Gasteiger partial charge in [0.2, 0.25) is 6.10 Å². The molecule has 6 heteroatoms. The summed E-state index contributed by atoms with van der Waals surface area (Å²) in [5.41, 5.74) is 0.887. The lowest BCUT2D eigenvalue weighted by Crippen LogP contribution is -2.43. The van der Waals surface area contributed by atoms with Crippen molar-refractivity contribution in [3.05, 3.63) is 59.7 Å². The lowest BCUT2D eigenvalue weighted by atomic mass is 10.1. The Morgan fingerprint density at radius 3 is 2.70 bits per heavy atom. The molecule has 0 spiro atoms. The minimum absolute atomic E-state index is 0.137. The number of amides is 1. The van der Waals surface area contributed by atoms with Gasteiger partial charge >= 0.3 is 5.97 Å². The van der Waals surface area contributed by atoms with E-state index < -0.39 is 12.1 Å². The van der Waals surface area contributed by atoms with Crippen molar-refractivity contribution in [2.75, 3.05) is 6.61 Å². The van der Waals surface area contributed by atoms with Crippen LogP contribution in [0, 0.1) is 0 Å². The van der Waals surface area contributed by atoms with Crippen molar-refractivity contribution in [3.8, 4) is 11.5 Å². The molecule has 2 aromatic carbocycles. The molecule has 1 atom stereocenters. The van der Waals surface area contributed by atoms with Crippen LogP contribution in [0.1, 0.15) is 15.9 Å². The fraction of sp³-hybridized carbons (Fsp3) is 0.176. The highest BCUT2D eigenvalue weighted by atomic mass is 16.6. The van der Waals surface area contributed by atoms with E-state index in [1.807, 2.05) is 6.07 Å². The third kappa shape index (κ3) is 3.42. The molecule has 1 heterocycles. The van der Waals surface area contributed by atoms with Gasteiger partial charge in [-0.15, -0.1) is 0 Å². The third-order valence-electron chi connectivity index (χ3n) is 3.44. The van der Waals surface area contributed by atoms with E-state index in [1.165, 1.54) is 12.1 Å². The van der Waals surface area contributed by atoms with Crippen molar-refractivity contribution >= 4 is 11.9 Å². The van der Waals surface area contributed by atoms with Crippen LogP contribution in [0.4, 0.5) is 0 Å². The van der Waals surface area contributed by atoms with Gasteiger partial charge in [0.05, 0.1) is 5.56 Å². The smallest absolute Gasteiger partial charge is 0.335 e. The number of ether oxygens (including phenoxy) is 2. The summed E-state index contributed by atoms with van der Waals surface area (Å²) in [6, 6.07) is 13.6. The van der Waals surface area contributed by atoms with Crippen LogP contribution in [0.2, 0.25) is 0 Å². The standard InChI is InChI=1S/C17H15NO5/c19-16(15-10-22-13-6-1-2-7-14(13)23-15)18-9-11-4-3-5-12(8-11)17(20)21/h1-8,15H,9-10H2,(H,18,19)(H,20,21). The average Bonchev–Trinajstić information content (AvgIpc) is 2.59. The van der Waals surface area contributed by atoms with E-state index >= 15 is 0 Å². The average molecular weight is 313 g/mol. The maximum atomic E-state index is 12.2. The molecule has 6 nitrogen and oxygen atoms in total. The van der Waals surface area contributed by atoms with Crippen LogP contribution in [0.5, 0.6) is 11.5 Å². The molecule has 0 fully saturated rings. The largest absolute Gasteiger partial charge is 0.485 e. The molecular formula is C17H15NO5. The molecule has 1 amide bonds. The van der Waals surface area contributed by atoms with Gasteiger partial charge in [0, 0.05) is 6.54 Å². The zero-order valence-electron chi connectivity index (χ0n) is 12.2. The van der Waals surface area contributed by atoms with Gasteiger partial charge in [0.25, 0.3) is 5.91 Å². The summed E-state index contributed by atoms with van der Waals surface area (Å²) in [7, 11) is 0. The van der Waals surface area contributed by atoms with Crippen LogP contribution in [-0.4, -0.2) is 29.7 Å². The van der Waals surface area contributed by atoms with Crippen molar-refractivity contribution in [3.63, 3.8) is 0 Å². The van der Waals surface area contributed by atoms with Crippen LogP contribution < -0.4 is 14.8 Å². The first-order valence-electron chi connectivity index (χ1n) is 7.12. The van der Waals surface area contributed by atoms with E-state index in [-0.39, 0.29) is 24.6 Å². The number of carboxylic acid groups (broad SMARTS) is 1. The molecule has 3 rings (SSSR count). The first-order chi connectivity index (χ1) is 11.1. The molecule has 23 heavy (non-hydrogen) atoms. The summed E-state index contributed by atoms with van der Waals surface area (Å²) in [5, 5.41) is 11.7. The van der Waals surface area contributed by atoms with Crippen LogP contribution in [0.15, 0.2) is 48.5 Å². The number of nitrogens with one attached hydrogen (secondary N) is 1.